The lowest BCUT2D eigenvalue weighted by Gasteiger charge is -2.47. The summed E-state index contributed by atoms with van der Waals surface area (Å²) < 4.78 is 6.52. The van der Waals surface area contributed by atoms with Crippen LogP contribution in [0.4, 0.5) is 22.7 Å². The molecule has 3 heterocycles. The highest BCUT2D eigenvalue weighted by molar-refractivity contribution is 5.91. The van der Waals surface area contributed by atoms with Crippen molar-refractivity contribution in [2.45, 2.75) is 19.4 Å². The van der Waals surface area contributed by atoms with Crippen LogP contribution in [0.15, 0.2) is 158 Å². The minimum Gasteiger partial charge on any atom is -0.457 e. The number of aromatic nitrogens is 1. The summed E-state index contributed by atoms with van der Waals surface area (Å²) in [4.78, 5) is 14.0. The lowest BCUT2D eigenvalue weighted by Crippen LogP contribution is -2.49. The van der Waals surface area contributed by atoms with E-state index in [4.69, 9.17) is 4.74 Å². The largest absolute Gasteiger partial charge is 0.457 e. The smallest absolute Gasteiger partial charge is 0.129 e. The molecule has 0 atom stereocenters. The Morgan fingerprint density at radius 2 is 1.16 bits per heavy atom. The van der Waals surface area contributed by atoms with Crippen LogP contribution in [0.1, 0.15) is 19.4 Å². The fourth-order valence-electron chi connectivity index (χ4n) is 6.85. The molecule has 5 aromatic carbocycles. The summed E-state index contributed by atoms with van der Waals surface area (Å²) >= 11 is 0. The number of para-hydroxylation sites is 1. The second-order valence-electron chi connectivity index (χ2n) is 13.1. The van der Waals surface area contributed by atoms with E-state index in [1.54, 1.807) is 0 Å². The van der Waals surface area contributed by atoms with E-state index in [0.29, 0.717) is 6.67 Å². The van der Waals surface area contributed by atoms with Crippen LogP contribution in [-0.4, -0.2) is 30.3 Å². The molecule has 0 saturated heterocycles. The van der Waals surface area contributed by atoms with E-state index >= 15 is 0 Å². The van der Waals surface area contributed by atoms with Crippen molar-refractivity contribution in [3.63, 3.8) is 0 Å². The summed E-state index contributed by atoms with van der Waals surface area (Å²) in [7, 11) is 2.18. The molecule has 0 amide bonds. The average Bonchev–Trinajstić information content (AvgIpc) is 3.64. The molecule has 0 fully saturated rings. The van der Waals surface area contributed by atoms with Gasteiger partial charge in [-0.2, -0.15) is 0 Å². The maximum Gasteiger partial charge on any atom is 0.129 e. The van der Waals surface area contributed by atoms with Gasteiger partial charge < -0.3 is 19.4 Å². The highest BCUT2D eigenvalue weighted by Crippen LogP contribution is 2.44. The number of benzene rings is 5. The Balaban J connectivity index is 1.05. The van der Waals surface area contributed by atoms with Gasteiger partial charge in [0.1, 0.15) is 11.5 Å². The maximum absolute atomic E-state index is 6.52. The van der Waals surface area contributed by atoms with Crippen molar-refractivity contribution < 1.29 is 4.74 Å². The number of hydrogen-bond donors (Lipinski definition) is 0. The number of pyridine rings is 1. The summed E-state index contributed by atoms with van der Waals surface area (Å²) in [5.41, 5.74) is 10.2. The molecule has 2 aliphatic rings. The number of hydrogen-bond acceptors (Lipinski definition) is 6. The van der Waals surface area contributed by atoms with Gasteiger partial charge in [0.25, 0.3) is 0 Å². The summed E-state index contributed by atoms with van der Waals surface area (Å²) in [6.45, 7) is 6.01. The van der Waals surface area contributed by atoms with Crippen LogP contribution < -0.4 is 19.4 Å². The lowest BCUT2D eigenvalue weighted by molar-refractivity contribution is 0.150. The molecule has 1 aromatic heterocycles. The van der Waals surface area contributed by atoms with E-state index in [1.807, 2.05) is 36.7 Å². The molecule has 0 spiro atoms. The molecule has 0 aliphatic carbocycles. The second-order valence-corrected chi connectivity index (χ2v) is 13.1. The predicted molar refractivity (Wildman–Crippen MR) is 201 cm³/mol. The van der Waals surface area contributed by atoms with E-state index in [0.717, 1.165) is 57.5 Å². The van der Waals surface area contributed by atoms with Crippen molar-refractivity contribution >= 4 is 22.7 Å². The van der Waals surface area contributed by atoms with Crippen molar-refractivity contribution in [3.8, 4) is 33.8 Å². The van der Waals surface area contributed by atoms with E-state index in [-0.39, 0.29) is 5.54 Å². The fraction of sp³-hybridized carbons (Fsp3) is 0.140. The van der Waals surface area contributed by atoms with Crippen molar-refractivity contribution in [1.82, 2.24) is 9.88 Å². The Morgan fingerprint density at radius 3 is 1.84 bits per heavy atom. The SMILES string of the molecule is CN1CN(c2cccc(Oc3cccc(N4C=CN(c5c(-c6ccccc6)cncc5-c5ccccc5)C4)c3)c2)c2ccccc2C1(C)C. The van der Waals surface area contributed by atoms with Crippen LogP contribution >= 0.6 is 0 Å². The second kappa shape index (κ2) is 12.6. The fourth-order valence-corrected chi connectivity index (χ4v) is 6.85. The molecule has 8 rings (SSSR count). The zero-order valence-electron chi connectivity index (χ0n) is 28.1. The molecule has 0 saturated carbocycles. The molecule has 0 bridgehead atoms. The highest BCUT2D eigenvalue weighted by atomic mass is 16.5. The Labute approximate surface area is 288 Å². The topological polar surface area (TPSA) is 35.1 Å². The number of nitrogens with zero attached hydrogens (tertiary/aromatic N) is 5. The van der Waals surface area contributed by atoms with Crippen molar-refractivity contribution in [3.05, 3.63) is 164 Å². The molecule has 0 radical (unpaired) electrons. The number of fused-ring (bicyclic) bond motifs is 1. The Kier molecular flexibility index (Phi) is 7.86. The van der Waals surface area contributed by atoms with Gasteiger partial charge in [0.2, 0.25) is 0 Å². The zero-order chi connectivity index (χ0) is 33.4. The van der Waals surface area contributed by atoms with Crippen LogP contribution in [0.25, 0.3) is 22.3 Å². The Hall–Kier alpha value is -5.85. The molecule has 2 aliphatic heterocycles. The van der Waals surface area contributed by atoms with Gasteiger partial charge in [-0.15, -0.1) is 0 Å². The Bertz CT molecular complexity index is 2070. The van der Waals surface area contributed by atoms with Crippen LogP contribution in [0.5, 0.6) is 11.5 Å². The third-order valence-corrected chi connectivity index (χ3v) is 9.78. The maximum atomic E-state index is 6.52. The van der Waals surface area contributed by atoms with Gasteiger partial charge in [-0.05, 0) is 67.9 Å². The molecule has 6 heteroatoms. The highest BCUT2D eigenvalue weighted by Gasteiger charge is 2.35. The van der Waals surface area contributed by atoms with E-state index in [1.165, 1.54) is 11.3 Å². The van der Waals surface area contributed by atoms with E-state index < -0.39 is 0 Å². The van der Waals surface area contributed by atoms with Gasteiger partial charge in [0, 0.05) is 70.7 Å². The summed E-state index contributed by atoms with van der Waals surface area (Å²) in [5, 5.41) is 0. The predicted octanol–water partition coefficient (Wildman–Crippen LogP) is 10.2. The van der Waals surface area contributed by atoms with Crippen LogP contribution in [0.3, 0.4) is 0 Å². The number of ether oxygens (including phenoxy) is 1. The lowest BCUT2D eigenvalue weighted by atomic mass is 9.88. The van der Waals surface area contributed by atoms with Crippen LogP contribution in [0.2, 0.25) is 0 Å². The van der Waals surface area contributed by atoms with Gasteiger partial charge in [-0.3, -0.25) is 9.88 Å². The summed E-state index contributed by atoms with van der Waals surface area (Å²) in [5.74, 6) is 1.59. The first kappa shape index (κ1) is 30.5. The minimum absolute atomic E-state index is 0.0507. The standard InChI is InChI=1S/C43H39N5O/c1-43(2)40-22-10-11-23-41(40)48(30-45(43)3)35-19-13-21-37(27-35)49-36-20-12-18-34(26-36)46-24-25-47(31-46)42-38(32-14-6-4-7-15-32)28-44-29-39(42)33-16-8-5-9-17-33/h4-29H,30-31H2,1-3H3. The first-order valence-corrected chi connectivity index (χ1v) is 16.7. The third kappa shape index (κ3) is 5.81. The monoisotopic (exact) mass is 641 g/mol. The number of rotatable bonds is 7. The quantitative estimate of drug-likeness (QED) is 0.173. The zero-order valence-corrected chi connectivity index (χ0v) is 28.1. The third-order valence-electron chi connectivity index (χ3n) is 9.78. The number of anilines is 4. The normalized spacial score (nSPS) is 15.4. The molecule has 6 nitrogen and oxygen atoms in total. The minimum atomic E-state index is -0.0507. The van der Waals surface area contributed by atoms with Gasteiger partial charge in [0.05, 0.1) is 19.0 Å². The van der Waals surface area contributed by atoms with Gasteiger partial charge in [-0.1, -0.05) is 91.0 Å². The molecule has 0 unspecified atom stereocenters. The first-order chi connectivity index (χ1) is 24.0. The van der Waals surface area contributed by atoms with E-state index in [9.17, 15) is 0 Å². The van der Waals surface area contributed by atoms with E-state index in [2.05, 4.69) is 167 Å². The average molecular weight is 642 g/mol. The molecule has 6 aromatic rings. The van der Waals surface area contributed by atoms with Crippen LogP contribution in [0, 0.1) is 0 Å². The first-order valence-electron chi connectivity index (χ1n) is 16.7. The van der Waals surface area contributed by atoms with Gasteiger partial charge in [0.15, 0.2) is 0 Å². The van der Waals surface area contributed by atoms with Crippen molar-refractivity contribution in [2.24, 2.45) is 0 Å². The molecule has 242 valence electrons. The van der Waals surface area contributed by atoms with Gasteiger partial charge >= 0.3 is 0 Å². The molecular weight excluding hydrogens is 603 g/mol. The van der Waals surface area contributed by atoms with Crippen LogP contribution in [-0.2, 0) is 5.54 Å². The molecular formula is C43H39N5O. The summed E-state index contributed by atoms with van der Waals surface area (Å²) in [6.07, 6.45) is 8.23. The van der Waals surface area contributed by atoms with Crippen molar-refractivity contribution in [2.75, 3.05) is 35.1 Å². The Morgan fingerprint density at radius 1 is 0.592 bits per heavy atom. The van der Waals surface area contributed by atoms with Gasteiger partial charge in [-0.25, -0.2) is 0 Å². The molecule has 0 N–H and O–H groups in total. The summed E-state index contributed by atoms with van der Waals surface area (Å²) in [6, 6.07) is 46.4. The van der Waals surface area contributed by atoms with Crippen molar-refractivity contribution in [1.29, 1.82) is 0 Å². The molecule has 49 heavy (non-hydrogen) atoms.